The lowest BCUT2D eigenvalue weighted by Gasteiger charge is -2.11. The van der Waals surface area contributed by atoms with Gasteiger partial charge < -0.3 is 10.1 Å². The molecular formula is C16H16ClFN2O3S2. The number of nitrogens with zero attached hydrogens (tertiary/aromatic N) is 1. The van der Waals surface area contributed by atoms with Crippen LogP contribution >= 0.6 is 34.7 Å². The number of esters is 1. The van der Waals surface area contributed by atoms with Gasteiger partial charge in [-0.1, -0.05) is 23.4 Å². The van der Waals surface area contributed by atoms with Crippen LogP contribution in [0.25, 0.3) is 0 Å². The van der Waals surface area contributed by atoms with Crippen molar-refractivity contribution in [2.75, 3.05) is 11.9 Å². The molecule has 1 N–H and O–H groups in total. The van der Waals surface area contributed by atoms with E-state index in [0.717, 1.165) is 6.07 Å². The number of amides is 1. The van der Waals surface area contributed by atoms with Crippen LogP contribution < -0.4 is 5.32 Å². The van der Waals surface area contributed by atoms with Crippen LogP contribution in [0.4, 0.5) is 10.1 Å². The van der Waals surface area contributed by atoms with Crippen LogP contribution in [0, 0.1) is 5.82 Å². The van der Waals surface area contributed by atoms with Gasteiger partial charge in [-0.15, -0.1) is 11.3 Å². The molecule has 0 aliphatic carbocycles. The zero-order valence-electron chi connectivity index (χ0n) is 13.5. The number of rotatable bonds is 7. The van der Waals surface area contributed by atoms with Crippen LogP contribution in [0.3, 0.4) is 0 Å². The molecule has 25 heavy (non-hydrogen) atoms. The van der Waals surface area contributed by atoms with Crippen molar-refractivity contribution in [3.8, 4) is 0 Å². The van der Waals surface area contributed by atoms with E-state index in [4.69, 9.17) is 16.3 Å². The van der Waals surface area contributed by atoms with Crippen LogP contribution in [-0.4, -0.2) is 28.7 Å². The molecule has 0 saturated heterocycles. The SMILES string of the molecule is CCOC(=O)Cc1csc(S[C@@H](C)C(=O)Nc2ccc(Cl)cc2F)n1. The molecule has 1 aromatic heterocycles. The third-order valence-corrected chi connectivity index (χ3v) is 5.35. The van der Waals surface area contributed by atoms with E-state index in [9.17, 15) is 14.0 Å². The van der Waals surface area contributed by atoms with E-state index in [2.05, 4.69) is 10.3 Å². The van der Waals surface area contributed by atoms with Gasteiger partial charge in [-0.25, -0.2) is 9.37 Å². The van der Waals surface area contributed by atoms with Gasteiger partial charge in [0.05, 0.1) is 29.7 Å². The molecule has 0 spiro atoms. The lowest BCUT2D eigenvalue weighted by molar-refractivity contribution is -0.142. The summed E-state index contributed by atoms with van der Waals surface area (Å²) in [7, 11) is 0. The molecule has 0 radical (unpaired) electrons. The van der Waals surface area contributed by atoms with Gasteiger partial charge in [-0.2, -0.15) is 0 Å². The third-order valence-electron chi connectivity index (χ3n) is 3.00. The van der Waals surface area contributed by atoms with Crippen LogP contribution in [0.15, 0.2) is 27.9 Å². The molecule has 0 aliphatic heterocycles. The number of nitrogens with one attached hydrogen (secondary N) is 1. The van der Waals surface area contributed by atoms with Crippen LogP contribution in [-0.2, 0) is 20.7 Å². The highest BCUT2D eigenvalue weighted by atomic mass is 35.5. The number of thiazole rings is 1. The summed E-state index contributed by atoms with van der Waals surface area (Å²) in [5.74, 6) is -1.29. The molecule has 134 valence electrons. The van der Waals surface area contributed by atoms with Crippen molar-refractivity contribution in [2.45, 2.75) is 29.9 Å². The molecule has 0 aliphatic rings. The molecule has 1 aromatic carbocycles. The summed E-state index contributed by atoms with van der Waals surface area (Å²) in [6.45, 7) is 3.76. The van der Waals surface area contributed by atoms with Gasteiger partial charge >= 0.3 is 5.97 Å². The fourth-order valence-electron chi connectivity index (χ4n) is 1.81. The number of carbonyl (C=O) groups excluding carboxylic acids is 2. The number of anilines is 1. The highest BCUT2D eigenvalue weighted by Gasteiger charge is 2.18. The first-order valence-electron chi connectivity index (χ1n) is 7.41. The number of carbonyl (C=O) groups is 2. The summed E-state index contributed by atoms with van der Waals surface area (Å²) in [4.78, 5) is 27.9. The van der Waals surface area contributed by atoms with Gasteiger partial charge in [-0.05, 0) is 32.0 Å². The minimum Gasteiger partial charge on any atom is -0.466 e. The Kier molecular flexibility index (Phi) is 7.22. The average Bonchev–Trinajstić information content (AvgIpc) is 2.97. The first-order chi connectivity index (χ1) is 11.9. The maximum atomic E-state index is 13.7. The fraction of sp³-hybridized carbons (Fsp3) is 0.312. The summed E-state index contributed by atoms with van der Waals surface area (Å²) >= 11 is 8.26. The van der Waals surface area contributed by atoms with E-state index in [1.165, 1.54) is 35.2 Å². The largest absolute Gasteiger partial charge is 0.466 e. The lowest BCUT2D eigenvalue weighted by atomic mass is 10.3. The minimum absolute atomic E-state index is 0.0731. The lowest BCUT2D eigenvalue weighted by Crippen LogP contribution is -2.22. The molecule has 5 nitrogen and oxygen atoms in total. The van der Waals surface area contributed by atoms with Gasteiger partial charge in [0.25, 0.3) is 0 Å². The Labute approximate surface area is 157 Å². The number of hydrogen-bond donors (Lipinski definition) is 1. The van der Waals surface area contributed by atoms with Crippen LogP contribution in [0.2, 0.25) is 5.02 Å². The maximum absolute atomic E-state index is 13.7. The third kappa shape index (κ3) is 5.98. The smallest absolute Gasteiger partial charge is 0.311 e. The number of ether oxygens (including phenoxy) is 1. The predicted octanol–water partition coefficient (Wildman–Crippen LogP) is 4.16. The molecule has 0 fully saturated rings. The molecule has 2 rings (SSSR count). The minimum atomic E-state index is -0.593. The monoisotopic (exact) mass is 402 g/mol. The Morgan fingerprint density at radius 2 is 2.24 bits per heavy atom. The van der Waals surface area contributed by atoms with E-state index in [1.54, 1.807) is 19.2 Å². The molecule has 1 heterocycles. The molecule has 0 unspecified atom stereocenters. The summed E-state index contributed by atoms with van der Waals surface area (Å²) in [5, 5.41) is 4.05. The van der Waals surface area contributed by atoms with Crippen LogP contribution in [0.1, 0.15) is 19.5 Å². The maximum Gasteiger partial charge on any atom is 0.311 e. The number of hydrogen-bond acceptors (Lipinski definition) is 6. The molecule has 2 aromatic rings. The van der Waals surface area contributed by atoms with E-state index >= 15 is 0 Å². The van der Waals surface area contributed by atoms with Crippen LogP contribution in [0.5, 0.6) is 0 Å². The zero-order chi connectivity index (χ0) is 18.4. The molecule has 0 saturated carbocycles. The van der Waals surface area contributed by atoms with Crippen molar-refractivity contribution < 1.29 is 18.7 Å². The van der Waals surface area contributed by atoms with Crippen molar-refractivity contribution in [1.29, 1.82) is 0 Å². The van der Waals surface area contributed by atoms with Crippen molar-refractivity contribution in [1.82, 2.24) is 4.98 Å². The standard InChI is InChI=1S/C16H16ClFN2O3S2/c1-3-23-14(21)7-11-8-24-16(19-11)25-9(2)15(22)20-13-5-4-10(17)6-12(13)18/h4-6,8-9H,3,7H2,1-2H3,(H,20,22)/t9-/m0/s1. The normalized spacial score (nSPS) is 11.8. The Morgan fingerprint density at radius 3 is 2.92 bits per heavy atom. The molecule has 0 bridgehead atoms. The van der Waals surface area contributed by atoms with E-state index < -0.39 is 11.1 Å². The van der Waals surface area contributed by atoms with Gasteiger partial charge in [0.15, 0.2) is 4.34 Å². The first-order valence-corrected chi connectivity index (χ1v) is 9.55. The Hall–Kier alpha value is -1.64. The molecular weight excluding hydrogens is 387 g/mol. The summed E-state index contributed by atoms with van der Waals surface area (Å²) in [6, 6.07) is 4.05. The quantitative estimate of drug-likeness (QED) is 0.556. The predicted molar refractivity (Wildman–Crippen MR) is 97.8 cm³/mol. The van der Waals surface area contributed by atoms with E-state index in [-0.39, 0.29) is 29.0 Å². The topological polar surface area (TPSA) is 68.3 Å². The zero-order valence-corrected chi connectivity index (χ0v) is 15.9. The first kappa shape index (κ1) is 19.7. The van der Waals surface area contributed by atoms with Gasteiger partial charge in [0.1, 0.15) is 5.82 Å². The molecule has 1 atom stereocenters. The van der Waals surface area contributed by atoms with Crippen molar-refractivity contribution in [3.05, 3.63) is 40.1 Å². The Balaban J connectivity index is 1.92. The highest BCUT2D eigenvalue weighted by Crippen LogP contribution is 2.28. The second-order valence-electron chi connectivity index (χ2n) is 4.96. The van der Waals surface area contributed by atoms with Crippen molar-refractivity contribution in [2.24, 2.45) is 0 Å². The van der Waals surface area contributed by atoms with Gasteiger partial charge in [-0.3, -0.25) is 9.59 Å². The Bertz CT molecular complexity index is 770. The van der Waals surface area contributed by atoms with Crippen molar-refractivity contribution >= 4 is 52.3 Å². The number of thioether (sulfide) groups is 1. The van der Waals surface area contributed by atoms with E-state index in [0.29, 0.717) is 16.6 Å². The Morgan fingerprint density at radius 1 is 1.48 bits per heavy atom. The number of halogens is 2. The number of aromatic nitrogens is 1. The summed E-state index contributed by atoms with van der Waals surface area (Å²) in [5.41, 5.74) is 0.672. The molecule has 9 heteroatoms. The average molecular weight is 403 g/mol. The number of benzene rings is 1. The van der Waals surface area contributed by atoms with Gasteiger partial charge in [0, 0.05) is 10.4 Å². The second kappa shape index (κ2) is 9.17. The van der Waals surface area contributed by atoms with Crippen molar-refractivity contribution in [3.63, 3.8) is 0 Å². The van der Waals surface area contributed by atoms with E-state index in [1.807, 2.05) is 0 Å². The summed E-state index contributed by atoms with van der Waals surface area (Å²) < 4.78 is 19.3. The highest BCUT2D eigenvalue weighted by molar-refractivity contribution is 8.02. The second-order valence-corrected chi connectivity index (χ2v) is 7.84. The summed E-state index contributed by atoms with van der Waals surface area (Å²) in [6.07, 6.45) is 0.0987. The fourth-order valence-corrected chi connectivity index (χ4v) is 3.95. The van der Waals surface area contributed by atoms with Gasteiger partial charge in [0.2, 0.25) is 5.91 Å². The molecule has 1 amide bonds.